The Bertz CT molecular complexity index is 1190. The molecule has 2 saturated heterocycles. The molecule has 0 unspecified atom stereocenters. The first-order valence-corrected chi connectivity index (χ1v) is 10.8. The standard InChI is InChI=1S/C26H24N2O6/c1-31-19-14-16(15-20(32-2)23(19)33-3)22-21-24(34-28(22)18-12-8-5-9-13-18)26(30)27(25(21)29)17-10-6-4-7-11-17/h4-15,21-22,24H,1-3H3/t21-,22+,24-/m0/s1. The van der Waals surface area contributed by atoms with Gasteiger partial charge in [0.1, 0.15) is 5.92 Å². The first-order chi connectivity index (χ1) is 16.6. The molecule has 0 spiro atoms. The van der Waals surface area contributed by atoms with Crippen LogP contribution in [0.2, 0.25) is 0 Å². The van der Waals surface area contributed by atoms with E-state index >= 15 is 0 Å². The lowest BCUT2D eigenvalue weighted by Crippen LogP contribution is -2.37. The number of ether oxygens (including phenoxy) is 3. The van der Waals surface area contributed by atoms with E-state index in [4.69, 9.17) is 19.0 Å². The largest absolute Gasteiger partial charge is 0.493 e. The first kappa shape index (κ1) is 21.8. The fraction of sp³-hybridized carbons (Fsp3) is 0.231. The third-order valence-corrected chi connectivity index (χ3v) is 6.17. The Morgan fingerprint density at radius 2 is 1.29 bits per heavy atom. The highest BCUT2D eigenvalue weighted by molar-refractivity contribution is 6.23. The molecule has 0 bridgehead atoms. The monoisotopic (exact) mass is 460 g/mol. The lowest BCUT2D eigenvalue weighted by molar-refractivity contribution is -0.126. The minimum atomic E-state index is -0.961. The number of hydroxylamine groups is 1. The van der Waals surface area contributed by atoms with Gasteiger partial charge in [-0.25, -0.2) is 9.96 Å². The van der Waals surface area contributed by atoms with Crippen molar-refractivity contribution >= 4 is 23.2 Å². The number of rotatable bonds is 6. The topological polar surface area (TPSA) is 77.5 Å². The Morgan fingerprint density at radius 1 is 0.735 bits per heavy atom. The second-order valence-corrected chi connectivity index (χ2v) is 7.96. The molecule has 3 aromatic rings. The molecule has 2 heterocycles. The molecule has 3 aromatic carbocycles. The Labute approximate surface area is 197 Å². The number of hydrogen-bond acceptors (Lipinski definition) is 7. The maximum absolute atomic E-state index is 13.7. The number of anilines is 2. The van der Waals surface area contributed by atoms with Crippen molar-refractivity contribution < 1.29 is 28.6 Å². The van der Waals surface area contributed by atoms with Gasteiger partial charge in [-0.1, -0.05) is 36.4 Å². The zero-order valence-electron chi connectivity index (χ0n) is 19.0. The number of fused-ring (bicyclic) bond motifs is 1. The van der Waals surface area contributed by atoms with Crippen molar-refractivity contribution in [1.29, 1.82) is 0 Å². The maximum atomic E-state index is 13.7. The molecule has 0 saturated carbocycles. The van der Waals surface area contributed by atoms with Crippen LogP contribution in [0.15, 0.2) is 72.8 Å². The molecule has 2 fully saturated rings. The second kappa shape index (κ2) is 8.72. The van der Waals surface area contributed by atoms with Gasteiger partial charge in [0.05, 0.1) is 38.7 Å². The second-order valence-electron chi connectivity index (χ2n) is 7.96. The number of para-hydroxylation sites is 2. The van der Waals surface area contributed by atoms with Gasteiger partial charge >= 0.3 is 0 Å². The van der Waals surface area contributed by atoms with Crippen molar-refractivity contribution in [3.63, 3.8) is 0 Å². The molecule has 174 valence electrons. The quantitative estimate of drug-likeness (QED) is 0.519. The minimum absolute atomic E-state index is 0.321. The molecule has 8 heteroatoms. The number of amides is 2. The summed E-state index contributed by atoms with van der Waals surface area (Å²) in [6, 6.07) is 21.2. The van der Waals surface area contributed by atoms with Crippen LogP contribution in [0.1, 0.15) is 11.6 Å². The van der Waals surface area contributed by atoms with Crippen molar-refractivity contribution in [1.82, 2.24) is 0 Å². The summed E-state index contributed by atoms with van der Waals surface area (Å²) in [6.07, 6.45) is -0.961. The van der Waals surface area contributed by atoms with Gasteiger partial charge in [0.2, 0.25) is 11.7 Å². The number of carbonyl (C=O) groups is 2. The van der Waals surface area contributed by atoms with E-state index in [1.54, 1.807) is 41.5 Å². The van der Waals surface area contributed by atoms with Crippen LogP contribution in [0.25, 0.3) is 0 Å². The average Bonchev–Trinajstić information content (AvgIpc) is 3.39. The Kier molecular flexibility index (Phi) is 5.59. The molecule has 2 aliphatic rings. The number of nitrogens with zero attached hydrogens (tertiary/aromatic N) is 2. The zero-order valence-corrected chi connectivity index (χ0v) is 19.0. The summed E-state index contributed by atoms with van der Waals surface area (Å²) in [5, 5.41) is 1.63. The highest BCUT2D eigenvalue weighted by atomic mass is 16.7. The van der Waals surface area contributed by atoms with Gasteiger partial charge in [-0.05, 0) is 42.0 Å². The predicted molar refractivity (Wildman–Crippen MR) is 125 cm³/mol. The van der Waals surface area contributed by atoms with Crippen molar-refractivity contribution in [3.05, 3.63) is 78.4 Å². The van der Waals surface area contributed by atoms with Gasteiger partial charge in [-0.15, -0.1) is 0 Å². The van der Waals surface area contributed by atoms with Gasteiger partial charge in [0.25, 0.3) is 5.91 Å². The van der Waals surface area contributed by atoms with Gasteiger partial charge in [-0.2, -0.15) is 0 Å². The summed E-state index contributed by atoms with van der Waals surface area (Å²) < 4.78 is 16.5. The SMILES string of the molecule is COc1cc([C@@H]2[C@@H]3C(=O)N(c4ccccc4)C(=O)[C@H]3ON2c2ccccc2)cc(OC)c1OC. The molecule has 5 rings (SSSR count). The highest BCUT2D eigenvalue weighted by Gasteiger charge is 2.60. The first-order valence-electron chi connectivity index (χ1n) is 10.8. The van der Waals surface area contributed by atoms with Crippen LogP contribution in [-0.2, 0) is 14.4 Å². The van der Waals surface area contributed by atoms with Crippen molar-refractivity contribution in [3.8, 4) is 17.2 Å². The smallest absolute Gasteiger partial charge is 0.266 e. The van der Waals surface area contributed by atoms with Crippen LogP contribution in [0, 0.1) is 5.92 Å². The van der Waals surface area contributed by atoms with E-state index in [0.717, 1.165) is 5.69 Å². The molecule has 3 atom stereocenters. The number of benzene rings is 3. The van der Waals surface area contributed by atoms with Crippen LogP contribution in [0.4, 0.5) is 11.4 Å². The van der Waals surface area contributed by atoms with Crippen molar-refractivity contribution in [2.75, 3.05) is 31.3 Å². The molecular formula is C26H24N2O6. The molecule has 8 nitrogen and oxygen atoms in total. The Morgan fingerprint density at radius 3 is 1.82 bits per heavy atom. The van der Waals surface area contributed by atoms with Crippen LogP contribution < -0.4 is 24.2 Å². The van der Waals surface area contributed by atoms with Crippen LogP contribution in [0.3, 0.4) is 0 Å². The normalized spacial score (nSPS) is 21.6. The molecule has 0 aliphatic carbocycles. The number of hydrogen-bond donors (Lipinski definition) is 0. The summed E-state index contributed by atoms with van der Waals surface area (Å²) in [7, 11) is 4.60. The highest BCUT2D eigenvalue weighted by Crippen LogP contribution is 2.50. The molecular weight excluding hydrogens is 436 g/mol. The minimum Gasteiger partial charge on any atom is -0.493 e. The zero-order chi connectivity index (χ0) is 23.8. The average molecular weight is 460 g/mol. The summed E-state index contributed by atoms with van der Waals surface area (Å²) in [5.74, 6) is -0.142. The third-order valence-electron chi connectivity index (χ3n) is 6.17. The maximum Gasteiger partial charge on any atom is 0.266 e. The van der Waals surface area contributed by atoms with Crippen molar-refractivity contribution in [2.24, 2.45) is 5.92 Å². The van der Waals surface area contributed by atoms with Gasteiger partial charge in [-0.3, -0.25) is 14.4 Å². The molecule has 0 N–H and O–H groups in total. The molecule has 34 heavy (non-hydrogen) atoms. The van der Waals surface area contributed by atoms with E-state index in [9.17, 15) is 9.59 Å². The van der Waals surface area contributed by atoms with E-state index < -0.39 is 24.0 Å². The summed E-state index contributed by atoms with van der Waals surface area (Å²) in [4.78, 5) is 34.5. The van der Waals surface area contributed by atoms with E-state index in [1.165, 1.54) is 26.2 Å². The van der Waals surface area contributed by atoms with Crippen LogP contribution >= 0.6 is 0 Å². The van der Waals surface area contributed by atoms with E-state index in [0.29, 0.717) is 28.5 Å². The summed E-state index contributed by atoms with van der Waals surface area (Å²) in [5.41, 5.74) is 1.94. The molecule has 2 aliphatic heterocycles. The molecule has 2 amide bonds. The fourth-order valence-corrected chi connectivity index (χ4v) is 4.66. The molecule has 0 radical (unpaired) electrons. The van der Waals surface area contributed by atoms with Gasteiger partial charge < -0.3 is 14.2 Å². The fourth-order valence-electron chi connectivity index (χ4n) is 4.66. The lowest BCUT2D eigenvalue weighted by Gasteiger charge is -2.29. The number of imide groups is 1. The Balaban J connectivity index is 1.65. The predicted octanol–water partition coefficient (Wildman–Crippen LogP) is 3.76. The van der Waals surface area contributed by atoms with Gasteiger partial charge in [0, 0.05) is 0 Å². The van der Waals surface area contributed by atoms with E-state index in [1.807, 2.05) is 36.4 Å². The molecule has 0 aromatic heterocycles. The van der Waals surface area contributed by atoms with Crippen molar-refractivity contribution in [2.45, 2.75) is 12.1 Å². The van der Waals surface area contributed by atoms with Crippen LogP contribution in [0.5, 0.6) is 17.2 Å². The number of methoxy groups -OCH3 is 3. The Hall–Kier alpha value is -4.04. The summed E-state index contributed by atoms with van der Waals surface area (Å²) >= 11 is 0. The lowest BCUT2D eigenvalue weighted by atomic mass is 9.90. The third kappa shape index (κ3) is 3.34. The van der Waals surface area contributed by atoms with E-state index in [-0.39, 0.29) is 5.91 Å². The number of carbonyl (C=O) groups excluding carboxylic acids is 2. The van der Waals surface area contributed by atoms with Gasteiger partial charge in [0.15, 0.2) is 17.6 Å². The van der Waals surface area contributed by atoms with Crippen LogP contribution in [-0.4, -0.2) is 39.2 Å². The summed E-state index contributed by atoms with van der Waals surface area (Å²) in [6.45, 7) is 0. The van der Waals surface area contributed by atoms with E-state index in [2.05, 4.69) is 0 Å².